The molecule has 2 fully saturated rings. The second-order valence-corrected chi connectivity index (χ2v) is 8.29. The summed E-state index contributed by atoms with van der Waals surface area (Å²) >= 11 is 0. The molecule has 2 aromatic rings. The van der Waals surface area contributed by atoms with Crippen LogP contribution in [0.4, 0.5) is 0 Å². The van der Waals surface area contributed by atoms with E-state index in [9.17, 15) is 9.59 Å². The van der Waals surface area contributed by atoms with Gasteiger partial charge in [0.1, 0.15) is 17.5 Å². The number of benzene rings is 1. The van der Waals surface area contributed by atoms with Crippen LogP contribution in [0, 0.1) is 0 Å². The largest absolute Gasteiger partial charge is 0.494 e. The molecular weight excluding hydrogens is 394 g/mol. The van der Waals surface area contributed by atoms with Gasteiger partial charge < -0.3 is 14.5 Å². The van der Waals surface area contributed by atoms with Gasteiger partial charge in [0.15, 0.2) is 0 Å². The van der Waals surface area contributed by atoms with E-state index in [1.165, 1.54) is 0 Å². The van der Waals surface area contributed by atoms with Crippen molar-refractivity contribution < 1.29 is 14.3 Å². The number of carbonyl (C=O) groups is 2. The molecule has 2 saturated heterocycles. The van der Waals surface area contributed by atoms with Gasteiger partial charge in [0.2, 0.25) is 11.8 Å². The summed E-state index contributed by atoms with van der Waals surface area (Å²) in [6.45, 7) is 6.51. The van der Waals surface area contributed by atoms with Gasteiger partial charge in [0.05, 0.1) is 18.8 Å². The quantitative estimate of drug-likeness (QED) is 0.681. The van der Waals surface area contributed by atoms with Crippen LogP contribution in [0.3, 0.4) is 0 Å². The summed E-state index contributed by atoms with van der Waals surface area (Å²) in [4.78, 5) is 29.2. The first-order valence-electron chi connectivity index (χ1n) is 11.3. The summed E-state index contributed by atoms with van der Waals surface area (Å²) in [6.07, 6.45) is 6.00. The SMILES string of the molecule is CCCC(=O)N1CCCC[C@H]1C(=O)N1CC(n2cc(-c3ccc(OCC)cc3)nn2)C1. The van der Waals surface area contributed by atoms with Crippen LogP contribution in [-0.2, 0) is 9.59 Å². The monoisotopic (exact) mass is 425 g/mol. The Balaban J connectivity index is 1.35. The molecular formula is C23H31N5O3. The Labute approximate surface area is 183 Å². The normalized spacial score (nSPS) is 19.2. The lowest BCUT2D eigenvalue weighted by molar-refractivity contribution is -0.151. The van der Waals surface area contributed by atoms with Crippen molar-refractivity contribution >= 4 is 11.8 Å². The smallest absolute Gasteiger partial charge is 0.245 e. The summed E-state index contributed by atoms with van der Waals surface area (Å²) < 4.78 is 7.33. The van der Waals surface area contributed by atoms with Crippen molar-refractivity contribution in [1.82, 2.24) is 24.8 Å². The zero-order chi connectivity index (χ0) is 21.8. The van der Waals surface area contributed by atoms with Crippen molar-refractivity contribution in [1.29, 1.82) is 0 Å². The summed E-state index contributed by atoms with van der Waals surface area (Å²) in [5, 5.41) is 8.58. The number of aromatic nitrogens is 3. The average molecular weight is 426 g/mol. The average Bonchev–Trinajstić information content (AvgIpc) is 3.23. The second kappa shape index (κ2) is 9.49. The van der Waals surface area contributed by atoms with Crippen molar-refractivity contribution in [3.63, 3.8) is 0 Å². The van der Waals surface area contributed by atoms with Crippen LogP contribution in [0.5, 0.6) is 5.75 Å². The third-order valence-electron chi connectivity index (χ3n) is 6.09. The number of carbonyl (C=O) groups excluding carboxylic acids is 2. The Hall–Kier alpha value is -2.90. The highest BCUT2D eigenvalue weighted by Crippen LogP contribution is 2.28. The van der Waals surface area contributed by atoms with E-state index in [-0.39, 0.29) is 23.9 Å². The van der Waals surface area contributed by atoms with Crippen LogP contribution >= 0.6 is 0 Å². The van der Waals surface area contributed by atoms with E-state index < -0.39 is 0 Å². The topological polar surface area (TPSA) is 80.6 Å². The highest BCUT2D eigenvalue weighted by molar-refractivity contribution is 5.88. The lowest BCUT2D eigenvalue weighted by atomic mass is 9.98. The van der Waals surface area contributed by atoms with E-state index in [2.05, 4.69) is 10.3 Å². The molecule has 0 radical (unpaired) electrons. The van der Waals surface area contributed by atoms with Crippen molar-refractivity contribution in [3.8, 4) is 17.0 Å². The Morgan fingerprint density at radius 1 is 1.13 bits per heavy atom. The van der Waals surface area contributed by atoms with Gasteiger partial charge >= 0.3 is 0 Å². The Morgan fingerprint density at radius 3 is 2.61 bits per heavy atom. The number of hydrogen-bond donors (Lipinski definition) is 0. The fraction of sp³-hybridized carbons (Fsp3) is 0.565. The van der Waals surface area contributed by atoms with E-state index in [1.54, 1.807) is 0 Å². The third-order valence-corrected chi connectivity index (χ3v) is 6.09. The maximum atomic E-state index is 13.1. The van der Waals surface area contributed by atoms with Gasteiger partial charge in [-0.25, -0.2) is 4.68 Å². The molecule has 1 atom stereocenters. The minimum Gasteiger partial charge on any atom is -0.494 e. The molecule has 2 aliphatic rings. The van der Waals surface area contributed by atoms with Gasteiger partial charge in [-0.05, 0) is 56.9 Å². The fourth-order valence-electron chi connectivity index (χ4n) is 4.33. The molecule has 0 unspecified atom stereocenters. The minimum atomic E-state index is -0.302. The number of amides is 2. The van der Waals surface area contributed by atoms with E-state index in [0.717, 1.165) is 42.7 Å². The first-order valence-corrected chi connectivity index (χ1v) is 11.3. The number of likely N-dealkylation sites (tertiary alicyclic amines) is 2. The summed E-state index contributed by atoms with van der Waals surface area (Å²) in [6, 6.07) is 7.62. The maximum absolute atomic E-state index is 13.1. The molecule has 2 amide bonds. The molecule has 8 nitrogen and oxygen atoms in total. The van der Waals surface area contributed by atoms with Gasteiger partial charge in [0, 0.05) is 31.6 Å². The molecule has 4 rings (SSSR count). The van der Waals surface area contributed by atoms with E-state index >= 15 is 0 Å². The van der Waals surface area contributed by atoms with E-state index in [1.807, 2.05) is 58.8 Å². The number of piperidine rings is 1. The molecule has 31 heavy (non-hydrogen) atoms. The number of nitrogens with zero attached hydrogens (tertiary/aromatic N) is 5. The van der Waals surface area contributed by atoms with Gasteiger partial charge in [0.25, 0.3) is 0 Å². The van der Waals surface area contributed by atoms with Crippen LogP contribution in [0.2, 0.25) is 0 Å². The standard InChI is InChI=1S/C23H31N5O3/c1-3-7-22(29)27-13-6-5-8-21(27)23(30)26-14-18(15-26)28-16-20(24-25-28)17-9-11-19(12-10-17)31-4-2/h9-12,16,18,21H,3-8,13-15H2,1-2H3/t21-/m0/s1. The molecule has 1 aromatic heterocycles. The van der Waals surface area contributed by atoms with Crippen molar-refractivity contribution in [2.45, 2.75) is 58.0 Å². The van der Waals surface area contributed by atoms with Crippen LogP contribution in [0.25, 0.3) is 11.3 Å². The fourth-order valence-corrected chi connectivity index (χ4v) is 4.33. The third kappa shape index (κ3) is 4.57. The molecule has 2 aliphatic heterocycles. The zero-order valence-corrected chi connectivity index (χ0v) is 18.4. The molecule has 1 aromatic carbocycles. The molecule has 0 spiro atoms. The van der Waals surface area contributed by atoms with E-state index in [0.29, 0.717) is 32.7 Å². The predicted molar refractivity (Wildman–Crippen MR) is 117 cm³/mol. The van der Waals surface area contributed by atoms with Crippen molar-refractivity contribution in [2.75, 3.05) is 26.2 Å². The highest BCUT2D eigenvalue weighted by Gasteiger charge is 2.40. The molecule has 3 heterocycles. The first kappa shape index (κ1) is 21.3. The van der Waals surface area contributed by atoms with Crippen molar-refractivity contribution in [3.05, 3.63) is 30.5 Å². The van der Waals surface area contributed by atoms with E-state index in [4.69, 9.17) is 4.74 Å². The minimum absolute atomic E-state index is 0.0762. The molecule has 0 bridgehead atoms. The zero-order valence-electron chi connectivity index (χ0n) is 18.4. The Bertz CT molecular complexity index is 904. The van der Waals surface area contributed by atoms with Gasteiger partial charge in [-0.2, -0.15) is 0 Å². The number of ether oxygens (including phenoxy) is 1. The second-order valence-electron chi connectivity index (χ2n) is 8.29. The molecule has 166 valence electrons. The van der Waals surface area contributed by atoms with Crippen molar-refractivity contribution in [2.24, 2.45) is 0 Å². The van der Waals surface area contributed by atoms with Crippen LogP contribution in [0.15, 0.2) is 30.5 Å². The molecule has 8 heteroatoms. The van der Waals surface area contributed by atoms with Crippen LogP contribution in [-0.4, -0.2) is 68.9 Å². The highest BCUT2D eigenvalue weighted by atomic mass is 16.5. The molecule has 0 N–H and O–H groups in total. The summed E-state index contributed by atoms with van der Waals surface area (Å²) in [5.41, 5.74) is 1.78. The number of hydrogen-bond acceptors (Lipinski definition) is 5. The maximum Gasteiger partial charge on any atom is 0.245 e. The lowest BCUT2D eigenvalue weighted by Crippen LogP contribution is -2.59. The van der Waals surface area contributed by atoms with Crippen LogP contribution < -0.4 is 4.74 Å². The Morgan fingerprint density at radius 2 is 1.90 bits per heavy atom. The van der Waals surface area contributed by atoms with Gasteiger partial charge in [-0.1, -0.05) is 12.1 Å². The lowest BCUT2D eigenvalue weighted by Gasteiger charge is -2.44. The molecule has 0 saturated carbocycles. The molecule has 0 aliphatic carbocycles. The van der Waals surface area contributed by atoms with Gasteiger partial charge in [-0.3, -0.25) is 9.59 Å². The summed E-state index contributed by atoms with van der Waals surface area (Å²) in [7, 11) is 0. The Kier molecular flexibility index (Phi) is 6.53. The van der Waals surface area contributed by atoms with Crippen LogP contribution in [0.1, 0.15) is 52.0 Å². The predicted octanol–water partition coefficient (Wildman–Crippen LogP) is 2.91. The number of rotatable bonds is 7. The van der Waals surface area contributed by atoms with Gasteiger partial charge in [-0.15, -0.1) is 5.10 Å². The first-order chi connectivity index (χ1) is 15.1. The summed E-state index contributed by atoms with van der Waals surface area (Å²) in [5.74, 6) is 1.02.